The van der Waals surface area contributed by atoms with Crippen LogP contribution in [0.1, 0.15) is 92.9 Å². The zero-order chi connectivity index (χ0) is 24.2. The lowest BCUT2D eigenvalue weighted by molar-refractivity contribution is 0.0441. The maximum Gasteiger partial charge on any atom is 0.114 e. The molecule has 3 aliphatic heterocycles. The van der Waals surface area contributed by atoms with Gasteiger partial charge in [0, 0.05) is 51.5 Å². The molecule has 0 bridgehead atoms. The Morgan fingerprint density at radius 3 is 1.66 bits per heavy atom. The van der Waals surface area contributed by atoms with Gasteiger partial charge in [0.15, 0.2) is 0 Å². The first-order valence-corrected chi connectivity index (χ1v) is 13.5. The molecule has 32 heavy (non-hydrogen) atoms. The molecule has 0 atom stereocenters. The summed E-state index contributed by atoms with van der Waals surface area (Å²) in [4.78, 5) is 4.73. The molecule has 3 rings (SSSR count). The minimum Gasteiger partial charge on any atom is -0.375 e. The number of hydrogen-bond donors (Lipinski definition) is 1. The largest absolute Gasteiger partial charge is 0.375 e. The van der Waals surface area contributed by atoms with Crippen molar-refractivity contribution in [3.05, 3.63) is 12.3 Å². The van der Waals surface area contributed by atoms with E-state index in [-0.39, 0.29) is 0 Å². The van der Waals surface area contributed by atoms with E-state index in [1.807, 2.05) is 27.7 Å². The van der Waals surface area contributed by atoms with Gasteiger partial charge in [0.05, 0.1) is 0 Å². The maximum absolute atomic E-state index is 14.0. The van der Waals surface area contributed by atoms with Gasteiger partial charge in [0.1, 0.15) is 11.3 Å². The number of piperidine rings is 2. The number of likely N-dealkylation sites (tertiary alicyclic amines) is 2. The minimum absolute atomic E-state index is 0.578. The third-order valence-corrected chi connectivity index (χ3v) is 7.92. The van der Waals surface area contributed by atoms with Crippen LogP contribution in [0.4, 0.5) is 8.78 Å². The van der Waals surface area contributed by atoms with Crippen molar-refractivity contribution in [3.63, 3.8) is 0 Å². The molecule has 0 radical (unpaired) electrons. The van der Waals surface area contributed by atoms with Gasteiger partial charge < -0.3 is 15.1 Å². The molecule has 3 saturated heterocycles. The van der Waals surface area contributed by atoms with Crippen molar-refractivity contribution in [2.45, 2.75) is 104 Å². The van der Waals surface area contributed by atoms with Gasteiger partial charge in [-0.05, 0) is 63.2 Å². The molecule has 190 valence electrons. The number of halogens is 2. The fraction of sp³-hybridized carbons (Fsp3) is 0.926. The van der Waals surface area contributed by atoms with Crippen LogP contribution in [0.2, 0.25) is 0 Å². The highest BCUT2D eigenvalue weighted by molar-refractivity contribution is 5.02. The van der Waals surface area contributed by atoms with Gasteiger partial charge in [0.25, 0.3) is 0 Å². The average Bonchev–Trinajstić information content (AvgIpc) is 2.80. The summed E-state index contributed by atoms with van der Waals surface area (Å²) in [6, 6.07) is 0. The highest BCUT2D eigenvalue weighted by atomic mass is 19.1. The molecule has 0 saturated carbocycles. The molecular formula is C27H53F2N3. The van der Waals surface area contributed by atoms with Gasteiger partial charge in [-0.1, -0.05) is 48.1 Å². The van der Waals surface area contributed by atoms with Gasteiger partial charge >= 0.3 is 0 Å². The second kappa shape index (κ2) is 14.6. The summed E-state index contributed by atoms with van der Waals surface area (Å²) in [6.45, 7) is 23.6. The lowest BCUT2D eigenvalue weighted by Crippen LogP contribution is -2.51. The molecule has 3 aliphatic rings. The van der Waals surface area contributed by atoms with Gasteiger partial charge in [-0.3, -0.25) is 0 Å². The number of nitrogens with zero attached hydrogens (tertiary/aromatic N) is 2. The third-order valence-electron chi connectivity index (χ3n) is 7.92. The van der Waals surface area contributed by atoms with Crippen LogP contribution in [0.25, 0.3) is 0 Å². The summed E-state index contributed by atoms with van der Waals surface area (Å²) < 4.78 is 27.9. The molecule has 0 aromatic heterocycles. The van der Waals surface area contributed by atoms with Crippen LogP contribution in [0, 0.1) is 11.8 Å². The van der Waals surface area contributed by atoms with Crippen molar-refractivity contribution >= 4 is 0 Å². The van der Waals surface area contributed by atoms with Crippen molar-refractivity contribution in [2.75, 3.05) is 45.8 Å². The Morgan fingerprint density at radius 2 is 1.31 bits per heavy atom. The van der Waals surface area contributed by atoms with Crippen molar-refractivity contribution in [1.82, 2.24) is 15.1 Å². The third kappa shape index (κ3) is 8.93. The van der Waals surface area contributed by atoms with Crippen LogP contribution in [-0.4, -0.2) is 67.0 Å². The molecule has 3 fully saturated rings. The number of hydrogen-bond acceptors (Lipinski definition) is 3. The molecule has 0 aliphatic carbocycles. The van der Waals surface area contributed by atoms with E-state index in [1.165, 1.54) is 12.2 Å². The van der Waals surface area contributed by atoms with Gasteiger partial charge in [-0.25, -0.2) is 8.78 Å². The monoisotopic (exact) mass is 457 g/mol. The number of alkyl halides is 2. The molecule has 0 amide bonds. The topological polar surface area (TPSA) is 18.5 Å². The molecule has 3 heterocycles. The Kier molecular flexibility index (Phi) is 13.3. The van der Waals surface area contributed by atoms with E-state index in [9.17, 15) is 8.78 Å². The molecule has 0 aromatic carbocycles. The molecule has 0 unspecified atom stereocenters. The number of nitrogens with one attached hydrogen (secondary N) is 1. The quantitative estimate of drug-likeness (QED) is 0.443. The molecule has 0 aromatic rings. The van der Waals surface area contributed by atoms with E-state index in [4.69, 9.17) is 0 Å². The van der Waals surface area contributed by atoms with Crippen molar-refractivity contribution in [2.24, 2.45) is 11.8 Å². The van der Waals surface area contributed by atoms with Crippen molar-refractivity contribution in [3.8, 4) is 0 Å². The van der Waals surface area contributed by atoms with Crippen molar-refractivity contribution in [1.29, 1.82) is 0 Å². The lowest BCUT2D eigenvalue weighted by atomic mass is 9.89. The number of allylic oxidation sites excluding steroid dienone is 1. The molecule has 3 nitrogen and oxygen atoms in total. The number of rotatable bonds is 8. The molecular weight excluding hydrogens is 404 g/mol. The van der Waals surface area contributed by atoms with Gasteiger partial charge in [0.2, 0.25) is 0 Å². The van der Waals surface area contributed by atoms with Crippen molar-refractivity contribution < 1.29 is 8.78 Å². The first-order chi connectivity index (χ1) is 15.3. The highest BCUT2D eigenvalue weighted by Gasteiger charge is 2.34. The predicted octanol–water partition coefficient (Wildman–Crippen LogP) is 6.60. The Balaban J connectivity index is 0.000000299. The summed E-state index contributed by atoms with van der Waals surface area (Å²) in [7, 11) is 0. The fourth-order valence-corrected chi connectivity index (χ4v) is 4.90. The minimum atomic E-state index is -0.912. The van der Waals surface area contributed by atoms with E-state index in [0.29, 0.717) is 31.6 Å². The zero-order valence-corrected chi connectivity index (χ0v) is 22.1. The second-order valence-corrected chi connectivity index (χ2v) is 9.83. The van der Waals surface area contributed by atoms with Crippen LogP contribution in [0.15, 0.2) is 12.3 Å². The maximum atomic E-state index is 14.0. The van der Waals surface area contributed by atoms with Crippen LogP contribution < -0.4 is 5.32 Å². The molecule has 0 spiro atoms. The van der Waals surface area contributed by atoms with Crippen LogP contribution in [0.3, 0.4) is 0 Å². The summed E-state index contributed by atoms with van der Waals surface area (Å²) in [6.07, 6.45) is 6.43. The molecule has 5 heteroatoms. The average molecular weight is 458 g/mol. The van der Waals surface area contributed by atoms with Crippen LogP contribution in [0.5, 0.6) is 0 Å². The zero-order valence-electron chi connectivity index (χ0n) is 22.1. The van der Waals surface area contributed by atoms with Gasteiger partial charge in [-0.2, -0.15) is 0 Å². The smallest absolute Gasteiger partial charge is 0.114 e. The van der Waals surface area contributed by atoms with E-state index >= 15 is 0 Å². The first-order valence-electron chi connectivity index (χ1n) is 13.5. The second-order valence-electron chi connectivity index (χ2n) is 9.83. The van der Waals surface area contributed by atoms with E-state index in [0.717, 1.165) is 70.9 Å². The fourth-order valence-electron chi connectivity index (χ4n) is 4.90. The Bertz CT molecular complexity index is 501. The normalized spacial score (nSPS) is 22.8. The molecule has 1 N–H and O–H groups in total. The Hall–Kier alpha value is -0.680. The summed E-state index contributed by atoms with van der Waals surface area (Å²) >= 11 is 0. The van der Waals surface area contributed by atoms with E-state index in [2.05, 4.69) is 35.5 Å². The lowest BCUT2D eigenvalue weighted by Gasteiger charge is -2.40. The van der Waals surface area contributed by atoms with E-state index in [1.54, 1.807) is 0 Å². The SMILES string of the molecule is C=C(C(CC)CC)N1CCC(F)(CC)CC1.CC.CCC1(F)CCN(CC2CNC2)CC1. The summed E-state index contributed by atoms with van der Waals surface area (Å²) in [5, 5.41) is 3.28. The highest BCUT2D eigenvalue weighted by Crippen LogP contribution is 2.33. The predicted molar refractivity (Wildman–Crippen MR) is 136 cm³/mol. The Morgan fingerprint density at radius 1 is 0.875 bits per heavy atom. The summed E-state index contributed by atoms with van der Waals surface area (Å²) in [5.74, 6) is 1.40. The van der Waals surface area contributed by atoms with Crippen LogP contribution in [-0.2, 0) is 0 Å². The van der Waals surface area contributed by atoms with Crippen LogP contribution >= 0.6 is 0 Å². The van der Waals surface area contributed by atoms with E-state index < -0.39 is 11.3 Å². The Labute approximate surface area is 198 Å². The standard InChI is InChI=1S/C14H26FN.C11H21FN2.C2H6/c1-5-13(6-2)12(4)16-10-8-14(15,7-3)9-11-16;1-2-11(12)3-5-14(6-4-11)9-10-7-13-8-10;1-2/h13H,4-11H2,1-3H3;10,13H,2-9H2,1H3;1-2H3. The van der Waals surface area contributed by atoms with Gasteiger partial charge in [-0.15, -0.1) is 0 Å². The summed E-state index contributed by atoms with van der Waals surface area (Å²) in [5.41, 5.74) is -0.540. The first kappa shape index (κ1) is 29.4.